The summed E-state index contributed by atoms with van der Waals surface area (Å²) in [6.07, 6.45) is 2.97. The molecule has 0 radical (unpaired) electrons. The third-order valence-electron chi connectivity index (χ3n) is 4.87. The fourth-order valence-corrected chi connectivity index (χ4v) is 4.40. The van der Waals surface area contributed by atoms with Crippen molar-refractivity contribution in [1.29, 1.82) is 0 Å². The van der Waals surface area contributed by atoms with Crippen molar-refractivity contribution in [2.45, 2.75) is 6.92 Å². The number of rotatable bonds is 5. The molecular weight excluding hydrogens is 468 g/mol. The number of aryl methyl sites for hydroxylation is 1. The fourth-order valence-electron chi connectivity index (χ4n) is 3.27. The predicted octanol–water partition coefficient (Wildman–Crippen LogP) is 4.95. The summed E-state index contributed by atoms with van der Waals surface area (Å²) in [6.45, 7) is 1.84. The monoisotopic (exact) mass is 486 g/mol. The summed E-state index contributed by atoms with van der Waals surface area (Å²) in [5.41, 5.74) is 2.53. The number of anilines is 1. The zero-order chi connectivity index (χ0) is 23.5. The van der Waals surface area contributed by atoms with Crippen LogP contribution in [0.25, 0.3) is 32.9 Å². The van der Waals surface area contributed by atoms with Gasteiger partial charge in [-0.3, -0.25) is 10.1 Å². The molecule has 0 aliphatic rings. The Morgan fingerprint density at radius 2 is 1.85 bits per heavy atom. The van der Waals surface area contributed by atoms with Gasteiger partial charge in [0, 0.05) is 17.2 Å². The van der Waals surface area contributed by atoms with E-state index in [-0.39, 0.29) is 11.0 Å². The van der Waals surface area contributed by atoms with Crippen molar-refractivity contribution in [3.8, 4) is 21.9 Å². The molecule has 2 aromatic carbocycles. The number of furan rings is 1. The van der Waals surface area contributed by atoms with Gasteiger partial charge in [0.05, 0.1) is 5.69 Å². The van der Waals surface area contributed by atoms with E-state index >= 15 is 0 Å². The van der Waals surface area contributed by atoms with Crippen molar-refractivity contribution in [3.63, 3.8) is 0 Å². The molecule has 2 N–H and O–H groups in total. The molecule has 0 bridgehead atoms. The van der Waals surface area contributed by atoms with Crippen molar-refractivity contribution in [3.05, 3.63) is 84.4 Å². The molecule has 3 heterocycles. The number of amides is 1. The van der Waals surface area contributed by atoms with Crippen LogP contribution in [0.5, 0.6) is 0 Å². The minimum atomic E-state index is -0.373. The average molecular weight is 487 g/mol. The van der Waals surface area contributed by atoms with Crippen LogP contribution in [0.2, 0.25) is 0 Å². The van der Waals surface area contributed by atoms with Gasteiger partial charge < -0.3 is 9.73 Å². The van der Waals surface area contributed by atoms with E-state index in [1.165, 1.54) is 17.4 Å². The third kappa shape index (κ3) is 4.63. The predicted molar refractivity (Wildman–Crippen MR) is 136 cm³/mol. The number of hydrogen-bond donors (Lipinski definition) is 2. The Morgan fingerprint density at radius 1 is 1.06 bits per heavy atom. The summed E-state index contributed by atoms with van der Waals surface area (Å²) >= 11 is 6.76. The van der Waals surface area contributed by atoms with Crippen molar-refractivity contribution in [1.82, 2.24) is 25.1 Å². The Bertz CT molecular complexity index is 1520. The first kappa shape index (κ1) is 21.7. The van der Waals surface area contributed by atoms with Crippen LogP contribution < -0.4 is 10.6 Å². The highest BCUT2D eigenvalue weighted by Crippen LogP contribution is 2.31. The Morgan fingerprint density at radius 3 is 2.68 bits per heavy atom. The number of hydrogen-bond acceptors (Lipinski definition) is 7. The lowest BCUT2D eigenvalue weighted by Crippen LogP contribution is -2.32. The summed E-state index contributed by atoms with van der Waals surface area (Å²) in [6, 6.07) is 21.0. The van der Waals surface area contributed by atoms with E-state index in [0.717, 1.165) is 27.6 Å². The molecule has 0 spiro atoms. The summed E-state index contributed by atoms with van der Waals surface area (Å²) in [4.78, 5) is 13.1. The number of benzene rings is 2. The molecule has 0 atom stereocenters. The highest BCUT2D eigenvalue weighted by Gasteiger charge is 2.14. The summed E-state index contributed by atoms with van der Waals surface area (Å²) in [7, 11) is 0. The van der Waals surface area contributed by atoms with E-state index in [1.54, 1.807) is 16.7 Å². The summed E-state index contributed by atoms with van der Waals surface area (Å²) in [5.74, 6) is 1.64. The minimum absolute atomic E-state index is 0.172. The van der Waals surface area contributed by atoms with Crippen LogP contribution in [-0.2, 0) is 4.79 Å². The molecule has 168 valence electrons. The third-order valence-corrected chi connectivity index (χ3v) is 6.01. The van der Waals surface area contributed by atoms with E-state index in [4.69, 9.17) is 16.6 Å². The topological polar surface area (TPSA) is 97.3 Å². The van der Waals surface area contributed by atoms with E-state index in [2.05, 4.69) is 25.9 Å². The number of nitrogens with zero attached hydrogens (tertiary/aromatic N) is 4. The van der Waals surface area contributed by atoms with Crippen molar-refractivity contribution in [2.24, 2.45) is 0 Å². The SMILES string of the molecule is Cc1nnc2sc(-c3ccccc3NC(=S)NC(=O)/C=C/c3ccc(-c4ccccc4)o3)nn12. The smallest absolute Gasteiger partial charge is 0.250 e. The van der Waals surface area contributed by atoms with Gasteiger partial charge in [-0.05, 0) is 49.5 Å². The van der Waals surface area contributed by atoms with E-state index in [1.807, 2.05) is 67.6 Å². The fraction of sp³-hybridized carbons (Fsp3) is 0.0417. The first-order valence-corrected chi connectivity index (χ1v) is 11.5. The molecule has 34 heavy (non-hydrogen) atoms. The van der Waals surface area contributed by atoms with Crippen LogP contribution in [0.1, 0.15) is 11.6 Å². The molecule has 0 saturated carbocycles. The number of aromatic nitrogens is 4. The molecule has 0 aliphatic heterocycles. The second kappa shape index (κ2) is 9.38. The Balaban J connectivity index is 1.24. The van der Waals surface area contributed by atoms with Crippen LogP contribution in [0.15, 0.2) is 77.2 Å². The molecule has 5 aromatic rings. The van der Waals surface area contributed by atoms with Crippen molar-refractivity contribution >= 4 is 51.3 Å². The maximum Gasteiger partial charge on any atom is 0.250 e. The number of fused-ring (bicyclic) bond motifs is 1. The second-order valence-electron chi connectivity index (χ2n) is 7.24. The normalized spacial score (nSPS) is 11.2. The summed E-state index contributed by atoms with van der Waals surface area (Å²) < 4.78 is 7.47. The van der Waals surface area contributed by atoms with E-state index in [9.17, 15) is 4.79 Å². The molecule has 1 amide bonds. The molecule has 0 fully saturated rings. The maximum atomic E-state index is 12.4. The first-order chi connectivity index (χ1) is 16.6. The van der Waals surface area contributed by atoms with Crippen molar-refractivity contribution < 1.29 is 9.21 Å². The molecular formula is C24H18N6O2S2. The number of carbonyl (C=O) groups excluding carboxylic acids is 1. The molecule has 8 nitrogen and oxygen atoms in total. The Kier molecular flexibility index (Phi) is 5.98. The highest BCUT2D eigenvalue weighted by atomic mass is 32.1. The standard InChI is InChI=1S/C24H18N6O2S2/c1-15-27-28-24-30(15)29-22(34-24)18-9-5-6-10-19(18)25-23(33)26-21(31)14-12-17-11-13-20(32-17)16-7-3-2-4-8-16/h2-14H,1H3,(H2,25,26,31,33)/b14-12+. The lowest BCUT2D eigenvalue weighted by molar-refractivity contribution is -0.115. The Hall–Kier alpha value is -4.15. The zero-order valence-electron chi connectivity index (χ0n) is 17.9. The Labute approximate surface area is 204 Å². The van der Waals surface area contributed by atoms with Gasteiger partial charge >= 0.3 is 0 Å². The van der Waals surface area contributed by atoms with Gasteiger partial charge in [-0.1, -0.05) is 53.8 Å². The zero-order valence-corrected chi connectivity index (χ0v) is 19.6. The van der Waals surface area contributed by atoms with Gasteiger partial charge in [-0.15, -0.1) is 10.2 Å². The average Bonchev–Trinajstić information content (AvgIpc) is 3.56. The number of carbonyl (C=O) groups is 1. The van der Waals surface area contributed by atoms with Crippen LogP contribution >= 0.6 is 23.6 Å². The minimum Gasteiger partial charge on any atom is -0.457 e. The van der Waals surface area contributed by atoms with E-state index in [0.29, 0.717) is 16.5 Å². The quantitative estimate of drug-likeness (QED) is 0.268. The molecule has 10 heteroatoms. The molecule has 5 rings (SSSR count). The van der Waals surface area contributed by atoms with Gasteiger partial charge in [-0.2, -0.15) is 9.61 Å². The molecule has 0 saturated heterocycles. The summed E-state index contributed by atoms with van der Waals surface area (Å²) in [5, 5.41) is 19.4. The van der Waals surface area contributed by atoms with Crippen molar-refractivity contribution in [2.75, 3.05) is 5.32 Å². The number of nitrogens with one attached hydrogen (secondary N) is 2. The number of para-hydroxylation sites is 1. The van der Waals surface area contributed by atoms with E-state index < -0.39 is 0 Å². The largest absolute Gasteiger partial charge is 0.457 e. The van der Waals surface area contributed by atoms with Gasteiger partial charge in [-0.25, -0.2) is 0 Å². The highest BCUT2D eigenvalue weighted by molar-refractivity contribution is 7.80. The van der Waals surface area contributed by atoms with Crippen LogP contribution in [-0.4, -0.2) is 30.8 Å². The lowest BCUT2D eigenvalue weighted by Gasteiger charge is -2.11. The number of thiocarbonyl (C=S) groups is 1. The lowest BCUT2D eigenvalue weighted by atomic mass is 10.2. The van der Waals surface area contributed by atoms with Crippen LogP contribution in [0, 0.1) is 6.92 Å². The van der Waals surface area contributed by atoms with Gasteiger partial charge in [0.2, 0.25) is 10.9 Å². The maximum absolute atomic E-state index is 12.4. The first-order valence-electron chi connectivity index (χ1n) is 10.3. The van der Waals surface area contributed by atoms with Gasteiger partial charge in [0.1, 0.15) is 16.5 Å². The van der Waals surface area contributed by atoms with Gasteiger partial charge in [0.25, 0.3) is 0 Å². The van der Waals surface area contributed by atoms with Crippen LogP contribution in [0.3, 0.4) is 0 Å². The molecule has 3 aromatic heterocycles. The van der Waals surface area contributed by atoms with Crippen LogP contribution in [0.4, 0.5) is 5.69 Å². The molecule has 0 unspecified atom stereocenters. The van der Waals surface area contributed by atoms with Gasteiger partial charge in [0.15, 0.2) is 10.9 Å². The second-order valence-corrected chi connectivity index (χ2v) is 8.60. The molecule has 0 aliphatic carbocycles.